The largest absolute Gasteiger partial charge is 0.497 e. The summed E-state index contributed by atoms with van der Waals surface area (Å²) in [5.41, 5.74) is 0.491. The highest BCUT2D eigenvalue weighted by molar-refractivity contribution is 7.89. The summed E-state index contributed by atoms with van der Waals surface area (Å²) >= 11 is 0. The van der Waals surface area contributed by atoms with Crippen molar-refractivity contribution in [1.29, 1.82) is 0 Å². The first-order chi connectivity index (χ1) is 20.7. The SMILES string of the molecule is COc1ccc(S(=O)(=O)N(CC(C)C)C[C@@H](O)[C@H](Cc2ccccc2)NC(=O)OC2C[C@]3(C)CO[C@]4(C)OC2C[C@]34C)cc1. The maximum atomic E-state index is 13.7. The lowest BCUT2D eigenvalue weighted by atomic mass is 9.57. The summed E-state index contributed by atoms with van der Waals surface area (Å²) in [6.07, 6.45) is -1.06. The van der Waals surface area contributed by atoms with E-state index in [1.807, 2.05) is 51.1 Å². The predicted octanol–water partition coefficient (Wildman–Crippen LogP) is 4.36. The highest BCUT2D eigenvalue weighted by Crippen LogP contribution is 2.67. The summed E-state index contributed by atoms with van der Waals surface area (Å²) in [5, 5.41) is 14.4. The van der Waals surface area contributed by atoms with Crippen LogP contribution >= 0.6 is 0 Å². The van der Waals surface area contributed by atoms with E-state index in [-0.39, 0.29) is 47.3 Å². The van der Waals surface area contributed by atoms with Crippen molar-refractivity contribution in [3.8, 4) is 5.75 Å². The molecule has 44 heavy (non-hydrogen) atoms. The number of carbonyl (C=O) groups is 1. The third kappa shape index (κ3) is 6.09. The molecule has 10 nitrogen and oxygen atoms in total. The quantitative estimate of drug-likeness (QED) is 0.355. The van der Waals surface area contributed by atoms with E-state index in [4.69, 9.17) is 18.9 Å². The number of nitrogens with one attached hydrogen (secondary N) is 1. The normalized spacial score (nSPS) is 30.8. The molecule has 11 heteroatoms. The number of hydrogen-bond donors (Lipinski definition) is 2. The first-order valence-corrected chi connectivity index (χ1v) is 16.8. The Morgan fingerprint density at radius 1 is 1.07 bits per heavy atom. The number of nitrogens with zero attached hydrogens (tertiary/aromatic N) is 1. The van der Waals surface area contributed by atoms with E-state index in [2.05, 4.69) is 19.2 Å². The van der Waals surface area contributed by atoms with Crippen molar-refractivity contribution in [3.05, 3.63) is 60.2 Å². The Bertz CT molecular complexity index is 1420. The molecule has 2 saturated heterocycles. The number of sulfonamides is 1. The molecular weight excluding hydrogens is 584 g/mol. The van der Waals surface area contributed by atoms with E-state index in [1.54, 1.807) is 12.1 Å². The van der Waals surface area contributed by atoms with E-state index in [0.29, 0.717) is 18.8 Å². The number of benzene rings is 2. The minimum absolute atomic E-state index is 0.00773. The standard InChI is InChI=1S/C33H46N2O8S/c1-22(2)19-35(44(38,39)25-14-12-24(40-6)13-15-25)20-27(36)26(16-23-10-8-7-9-11-23)34-30(37)42-28-17-31(3)21-41-33(5)32(31,4)18-29(28)43-33/h7-15,22,26-29,36H,16-21H2,1-6H3,(H,34,37)/t26-,27+,28?,29?,31+,32+,33+/m0/s1. The molecule has 2 aromatic rings. The number of methoxy groups -OCH3 is 1. The number of carbonyl (C=O) groups excluding carboxylic acids is 1. The molecule has 0 radical (unpaired) electrons. The molecule has 1 saturated carbocycles. The zero-order valence-electron chi connectivity index (χ0n) is 26.5. The van der Waals surface area contributed by atoms with Gasteiger partial charge >= 0.3 is 6.09 Å². The van der Waals surface area contributed by atoms with Crippen molar-refractivity contribution in [2.45, 2.75) is 88.9 Å². The minimum Gasteiger partial charge on any atom is -0.497 e. The second-order valence-corrected chi connectivity index (χ2v) is 15.5. The molecule has 1 aliphatic carbocycles. The van der Waals surface area contributed by atoms with Gasteiger partial charge in [-0.3, -0.25) is 0 Å². The molecule has 3 fully saturated rings. The number of aliphatic hydroxyl groups is 1. The number of hydrogen-bond acceptors (Lipinski definition) is 8. The first kappa shape index (κ1) is 32.7. The second kappa shape index (κ2) is 12.2. The fourth-order valence-electron chi connectivity index (χ4n) is 7.06. The number of amides is 1. The molecule has 3 aliphatic rings. The Morgan fingerprint density at radius 3 is 2.39 bits per heavy atom. The van der Waals surface area contributed by atoms with Crippen molar-refractivity contribution in [2.75, 3.05) is 26.8 Å². The van der Waals surface area contributed by atoms with Crippen molar-refractivity contribution >= 4 is 16.1 Å². The zero-order valence-corrected chi connectivity index (χ0v) is 27.3. The number of ether oxygens (including phenoxy) is 4. The lowest BCUT2D eigenvalue weighted by molar-refractivity contribution is -0.226. The smallest absolute Gasteiger partial charge is 0.407 e. The van der Waals surface area contributed by atoms with Gasteiger partial charge in [0.05, 0.1) is 36.9 Å². The van der Waals surface area contributed by atoms with Gasteiger partial charge in [0.25, 0.3) is 0 Å². The Hall–Kier alpha value is -2.70. The summed E-state index contributed by atoms with van der Waals surface area (Å²) in [6, 6.07) is 14.8. The van der Waals surface area contributed by atoms with E-state index in [9.17, 15) is 18.3 Å². The van der Waals surface area contributed by atoms with Crippen molar-refractivity contribution in [1.82, 2.24) is 9.62 Å². The Morgan fingerprint density at radius 2 is 1.75 bits per heavy atom. The summed E-state index contributed by atoms with van der Waals surface area (Å²) in [6.45, 7) is 10.6. The average molecular weight is 631 g/mol. The predicted molar refractivity (Wildman–Crippen MR) is 165 cm³/mol. The molecule has 1 amide bonds. The van der Waals surface area contributed by atoms with Crippen LogP contribution in [0.5, 0.6) is 5.75 Å². The van der Waals surface area contributed by atoms with Gasteiger partial charge in [0, 0.05) is 23.9 Å². The van der Waals surface area contributed by atoms with Crippen molar-refractivity contribution < 1.29 is 37.3 Å². The third-order valence-corrected chi connectivity index (χ3v) is 11.9. The van der Waals surface area contributed by atoms with Crippen molar-refractivity contribution in [2.24, 2.45) is 16.7 Å². The number of alkyl carbamates (subject to hydrolysis) is 1. The molecule has 2 N–H and O–H groups in total. The molecule has 7 atom stereocenters. The van der Waals surface area contributed by atoms with Gasteiger partial charge in [-0.25, -0.2) is 13.2 Å². The van der Waals surface area contributed by atoms with Crippen LogP contribution in [0.25, 0.3) is 0 Å². The van der Waals surface area contributed by atoms with Crippen LogP contribution in [0.15, 0.2) is 59.5 Å². The van der Waals surface area contributed by atoms with Gasteiger partial charge in [-0.1, -0.05) is 58.0 Å². The topological polar surface area (TPSA) is 124 Å². The van der Waals surface area contributed by atoms with Crippen LogP contribution in [-0.4, -0.2) is 80.9 Å². The number of rotatable bonds is 12. The Labute approximate surface area is 261 Å². The highest BCUT2D eigenvalue weighted by atomic mass is 32.2. The molecule has 0 aromatic heterocycles. The fraction of sp³-hybridized carbons (Fsp3) is 0.606. The van der Waals surface area contributed by atoms with Gasteiger partial charge in [-0.2, -0.15) is 4.31 Å². The second-order valence-electron chi connectivity index (χ2n) is 13.5. The van der Waals surface area contributed by atoms with Gasteiger partial charge in [-0.15, -0.1) is 0 Å². The molecular formula is C33H46N2O8S. The number of fused-ring (bicyclic) bond motifs is 1. The summed E-state index contributed by atoms with van der Waals surface area (Å²) in [7, 11) is -2.44. The Balaban J connectivity index is 1.33. The fourth-order valence-corrected chi connectivity index (χ4v) is 8.68. The maximum absolute atomic E-state index is 13.7. The Kier molecular flexibility index (Phi) is 9.10. The van der Waals surface area contributed by atoms with Crippen LogP contribution in [0, 0.1) is 16.7 Å². The monoisotopic (exact) mass is 630 g/mol. The van der Waals surface area contributed by atoms with Crippen molar-refractivity contribution in [3.63, 3.8) is 0 Å². The molecule has 242 valence electrons. The van der Waals surface area contributed by atoms with Crippen LogP contribution in [0.4, 0.5) is 4.79 Å². The molecule has 2 unspecified atom stereocenters. The third-order valence-electron chi connectivity index (χ3n) is 10.0. The van der Waals surface area contributed by atoms with Gasteiger partial charge in [0.1, 0.15) is 11.9 Å². The molecule has 2 bridgehead atoms. The summed E-state index contributed by atoms with van der Waals surface area (Å²) in [4.78, 5) is 13.5. The molecule has 2 aromatic carbocycles. The summed E-state index contributed by atoms with van der Waals surface area (Å²) < 4.78 is 52.3. The van der Waals surface area contributed by atoms with E-state index in [1.165, 1.54) is 23.5 Å². The zero-order chi connectivity index (χ0) is 31.9. The van der Waals surface area contributed by atoms with Crippen LogP contribution in [0.3, 0.4) is 0 Å². The number of aliphatic hydroxyl groups excluding tert-OH is 1. The van der Waals surface area contributed by atoms with Gasteiger partial charge < -0.3 is 29.4 Å². The van der Waals surface area contributed by atoms with E-state index in [0.717, 1.165) is 12.0 Å². The van der Waals surface area contributed by atoms with Crippen LogP contribution in [-0.2, 0) is 30.7 Å². The van der Waals surface area contributed by atoms with E-state index < -0.39 is 40.2 Å². The van der Waals surface area contributed by atoms with Gasteiger partial charge in [0.2, 0.25) is 10.0 Å². The van der Waals surface area contributed by atoms with Crippen LogP contribution < -0.4 is 10.1 Å². The average Bonchev–Trinajstić information content (AvgIpc) is 3.34. The molecule has 2 heterocycles. The van der Waals surface area contributed by atoms with Gasteiger partial charge in [-0.05, 0) is 61.9 Å². The van der Waals surface area contributed by atoms with Crippen LogP contribution in [0.1, 0.15) is 53.0 Å². The lowest BCUT2D eigenvalue weighted by Crippen LogP contribution is -2.53. The molecule has 2 aliphatic heterocycles. The minimum atomic E-state index is -3.96. The van der Waals surface area contributed by atoms with Crippen LogP contribution in [0.2, 0.25) is 0 Å². The maximum Gasteiger partial charge on any atom is 0.407 e. The highest BCUT2D eigenvalue weighted by Gasteiger charge is 2.72. The molecule has 0 spiro atoms. The molecule has 5 rings (SSSR count). The first-order valence-electron chi connectivity index (χ1n) is 15.3. The lowest BCUT2D eigenvalue weighted by Gasteiger charge is -2.45. The van der Waals surface area contributed by atoms with Gasteiger partial charge in [0.15, 0.2) is 5.79 Å². The van der Waals surface area contributed by atoms with E-state index >= 15 is 0 Å². The summed E-state index contributed by atoms with van der Waals surface area (Å²) in [5.74, 6) is -0.187.